The number of rotatable bonds is 5. The summed E-state index contributed by atoms with van der Waals surface area (Å²) in [7, 11) is 3.92. The van der Waals surface area contributed by atoms with Gasteiger partial charge in [-0.1, -0.05) is 24.3 Å². The lowest BCUT2D eigenvalue weighted by atomic mass is 10.1. The van der Waals surface area contributed by atoms with Crippen LogP contribution in [0, 0.1) is 5.82 Å². The largest absolute Gasteiger partial charge is 0.489 e. The Hall–Kier alpha value is -2.07. The molecule has 2 N–H and O–H groups in total. The maximum absolute atomic E-state index is 14.0. The number of halogens is 1. The monoisotopic (exact) mass is 274 g/mol. The van der Waals surface area contributed by atoms with E-state index in [1.54, 1.807) is 18.2 Å². The Kier molecular flexibility index (Phi) is 4.58. The Labute approximate surface area is 118 Å². The summed E-state index contributed by atoms with van der Waals surface area (Å²) in [6.45, 7) is 0.381. The summed E-state index contributed by atoms with van der Waals surface area (Å²) in [5.74, 6) is 0.438. The number of hydrogen-bond donors (Lipinski definition) is 1. The highest BCUT2D eigenvalue weighted by atomic mass is 19.1. The maximum Gasteiger partial charge on any atom is 0.134 e. The van der Waals surface area contributed by atoms with Gasteiger partial charge in [0.05, 0.1) is 0 Å². The minimum absolute atomic E-state index is 0.190. The van der Waals surface area contributed by atoms with Crippen molar-refractivity contribution in [1.82, 2.24) is 0 Å². The van der Waals surface area contributed by atoms with Gasteiger partial charge in [0.25, 0.3) is 0 Å². The maximum atomic E-state index is 14.0. The Morgan fingerprint density at radius 2 is 1.80 bits per heavy atom. The van der Waals surface area contributed by atoms with Crippen LogP contribution in [0.4, 0.5) is 10.1 Å². The lowest BCUT2D eigenvalue weighted by Gasteiger charge is -2.14. The Balaban J connectivity index is 2.11. The van der Waals surface area contributed by atoms with E-state index in [0.717, 1.165) is 5.69 Å². The summed E-state index contributed by atoms with van der Waals surface area (Å²) in [4.78, 5) is 1.99. The second kappa shape index (κ2) is 6.39. The second-order valence-electron chi connectivity index (χ2n) is 4.77. The minimum atomic E-state index is -0.279. The van der Waals surface area contributed by atoms with Crippen LogP contribution in [0.3, 0.4) is 0 Å². The Bertz CT molecular complexity index is 584. The predicted molar refractivity (Wildman–Crippen MR) is 79.4 cm³/mol. The van der Waals surface area contributed by atoms with Crippen LogP contribution in [-0.4, -0.2) is 14.1 Å². The van der Waals surface area contributed by atoms with Gasteiger partial charge in [0.1, 0.15) is 18.2 Å². The quantitative estimate of drug-likeness (QED) is 0.911. The molecule has 0 bridgehead atoms. The van der Waals surface area contributed by atoms with Crippen LogP contribution in [0.25, 0.3) is 0 Å². The van der Waals surface area contributed by atoms with E-state index in [9.17, 15) is 4.39 Å². The molecule has 2 rings (SSSR count). The molecule has 3 nitrogen and oxygen atoms in total. The van der Waals surface area contributed by atoms with Gasteiger partial charge in [-0.2, -0.15) is 0 Å². The van der Waals surface area contributed by atoms with Crippen LogP contribution < -0.4 is 15.4 Å². The van der Waals surface area contributed by atoms with Crippen LogP contribution in [0.5, 0.6) is 5.75 Å². The fourth-order valence-electron chi connectivity index (χ4n) is 1.91. The third-order valence-corrected chi connectivity index (χ3v) is 3.11. The molecule has 0 unspecified atom stereocenters. The minimum Gasteiger partial charge on any atom is -0.489 e. The first-order valence-corrected chi connectivity index (χ1v) is 6.48. The third kappa shape index (κ3) is 3.27. The predicted octanol–water partition coefficient (Wildman–Crippen LogP) is 2.93. The average molecular weight is 274 g/mol. The molecule has 20 heavy (non-hydrogen) atoms. The summed E-state index contributed by atoms with van der Waals surface area (Å²) in [6.07, 6.45) is 0. The van der Waals surface area contributed by atoms with Crippen molar-refractivity contribution in [2.24, 2.45) is 5.73 Å². The number of benzene rings is 2. The molecule has 2 aromatic rings. The molecule has 0 amide bonds. The molecule has 0 radical (unpaired) electrons. The van der Waals surface area contributed by atoms with E-state index in [-0.39, 0.29) is 19.0 Å². The van der Waals surface area contributed by atoms with Crippen molar-refractivity contribution < 1.29 is 9.13 Å². The number of hydrogen-bond acceptors (Lipinski definition) is 3. The molecule has 106 valence electrons. The highest BCUT2D eigenvalue weighted by Crippen LogP contribution is 2.21. The van der Waals surface area contributed by atoms with Crippen molar-refractivity contribution in [3.8, 4) is 5.75 Å². The van der Waals surface area contributed by atoms with Gasteiger partial charge in [-0.15, -0.1) is 0 Å². The van der Waals surface area contributed by atoms with Crippen molar-refractivity contribution in [3.05, 3.63) is 59.4 Å². The summed E-state index contributed by atoms with van der Waals surface area (Å²) in [6, 6.07) is 12.9. The third-order valence-electron chi connectivity index (χ3n) is 3.11. The van der Waals surface area contributed by atoms with Gasteiger partial charge in [0.15, 0.2) is 0 Å². The van der Waals surface area contributed by atoms with Crippen molar-refractivity contribution >= 4 is 5.69 Å². The number of nitrogens with two attached hydrogens (primary N) is 1. The first-order chi connectivity index (χ1) is 9.61. The molecule has 0 saturated carbocycles. The van der Waals surface area contributed by atoms with E-state index in [4.69, 9.17) is 10.5 Å². The van der Waals surface area contributed by atoms with Gasteiger partial charge in [-0.25, -0.2) is 4.39 Å². The van der Waals surface area contributed by atoms with Crippen LogP contribution in [0.15, 0.2) is 42.5 Å². The Morgan fingerprint density at radius 3 is 2.50 bits per heavy atom. The number of nitrogens with zero attached hydrogens (tertiary/aromatic N) is 1. The van der Waals surface area contributed by atoms with E-state index in [2.05, 4.69) is 0 Å². The van der Waals surface area contributed by atoms with Crippen LogP contribution in [0.1, 0.15) is 11.1 Å². The molecule has 4 heteroatoms. The molecular weight excluding hydrogens is 255 g/mol. The van der Waals surface area contributed by atoms with Gasteiger partial charge in [0, 0.05) is 43.5 Å². The van der Waals surface area contributed by atoms with E-state index in [1.165, 1.54) is 0 Å². The second-order valence-corrected chi connectivity index (χ2v) is 4.77. The molecule has 0 heterocycles. The average Bonchev–Trinajstić information content (AvgIpc) is 2.46. The zero-order chi connectivity index (χ0) is 14.5. The zero-order valence-electron chi connectivity index (χ0n) is 11.8. The summed E-state index contributed by atoms with van der Waals surface area (Å²) < 4.78 is 19.7. The SMILES string of the molecule is CN(C)c1cccc(OCc2cccc(CN)c2F)c1. The molecule has 0 fully saturated rings. The normalized spacial score (nSPS) is 10.4. The van der Waals surface area contributed by atoms with Crippen molar-refractivity contribution in [3.63, 3.8) is 0 Å². The van der Waals surface area contributed by atoms with Crippen molar-refractivity contribution in [2.75, 3.05) is 19.0 Å². The smallest absolute Gasteiger partial charge is 0.134 e. The molecule has 0 aromatic heterocycles. The highest BCUT2D eigenvalue weighted by molar-refractivity contribution is 5.49. The molecular formula is C16H19FN2O. The number of ether oxygens (including phenoxy) is 1. The molecule has 0 spiro atoms. The Morgan fingerprint density at radius 1 is 1.10 bits per heavy atom. The van der Waals surface area contributed by atoms with Crippen LogP contribution in [0.2, 0.25) is 0 Å². The first-order valence-electron chi connectivity index (χ1n) is 6.48. The first kappa shape index (κ1) is 14.3. The van der Waals surface area contributed by atoms with Crippen molar-refractivity contribution in [1.29, 1.82) is 0 Å². The molecule has 0 aliphatic heterocycles. The standard InChI is InChI=1S/C16H19FN2O/c1-19(2)14-7-4-8-15(9-14)20-11-13-6-3-5-12(10-18)16(13)17/h3-9H,10-11,18H2,1-2H3. The fraction of sp³-hybridized carbons (Fsp3) is 0.250. The van der Waals surface area contributed by atoms with Gasteiger partial charge in [-0.05, 0) is 12.1 Å². The van der Waals surface area contributed by atoms with Crippen LogP contribution >= 0.6 is 0 Å². The highest BCUT2D eigenvalue weighted by Gasteiger charge is 2.07. The summed E-state index contributed by atoms with van der Waals surface area (Å²) in [5, 5.41) is 0. The summed E-state index contributed by atoms with van der Waals surface area (Å²) >= 11 is 0. The van der Waals surface area contributed by atoms with E-state index in [1.807, 2.05) is 43.3 Å². The fourth-order valence-corrected chi connectivity index (χ4v) is 1.91. The van der Waals surface area contributed by atoms with Gasteiger partial charge < -0.3 is 15.4 Å². The molecule has 0 aliphatic carbocycles. The molecule has 2 aromatic carbocycles. The number of anilines is 1. The van der Waals surface area contributed by atoms with Gasteiger partial charge >= 0.3 is 0 Å². The molecule has 0 atom stereocenters. The van der Waals surface area contributed by atoms with Crippen LogP contribution in [-0.2, 0) is 13.2 Å². The van der Waals surface area contributed by atoms with Gasteiger partial charge in [-0.3, -0.25) is 0 Å². The van der Waals surface area contributed by atoms with E-state index in [0.29, 0.717) is 16.9 Å². The lowest BCUT2D eigenvalue weighted by Crippen LogP contribution is -2.09. The van der Waals surface area contributed by atoms with Gasteiger partial charge in [0.2, 0.25) is 0 Å². The molecule has 0 saturated heterocycles. The zero-order valence-corrected chi connectivity index (χ0v) is 11.8. The summed E-state index contributed by atoms with van der Waals surface area (Å²) in [5.41, 5.74) is 7.56. The van der Waals surface area contributed by atoms with E-state index < -0.39 is 0 Å². The van der Waals surface area contributed by atoms with E-state index >= 15 is 0 Å². The lowest BCUT2D eigenvalue weighted by molar-refractivity contribution is 0.299. The molecule has 0 aliphatic rings. The topological polar surface area (TPSA) is 38.5 Å². The van der Waals surface area contributed by atoms with Crippen molar-refractivity contribution in [2.45, 2.75) is 13.2 Å².